The molecule has 1 aromatic carbocycles. The maximum atomic E-state index is 12.4. The van der Waals surface area contributed by atoms with Crippen LogP contribution in [0.15, 0.2) is 24.3 Å². The number of carbonyl (C=O) groups is 3. The lowest BCUT2D eigenvalue weighted by Gasteiger charge is -2.19. The van der Waals surface area contributed by atoms with Gasteiger partial charge < -0.3 is 10.1 Å². The smallest absolute Gasteiger partial charge is 0.233 e. The van der Waals surface area contributed by atoms with Crippen molar-refractivity contribution in [2.24, 2.45) is 11.8 Å². The van der Waals surface area contributed by atoms with Gasteiger partial charge in [0, 0.05) is 26.6 Å². The van der Waals surface area contributed by atoms with Gasteiger partial charge in [0.15, 0.2) is 0 Å². The van der Waals surface area contributed by atoms with Crippen LogP contribution in [0.4, 0.5) is 0 Å². The van der Waals surface area contributed by atoms with Crippen LogP contribution in [0.3, 0.4) is 0 Å². The maximum absolute atomic E-state index is 12.4. The first-order valence-corrected chi connectivity index (χ1v) is 9.29. The van der Waals surface area contributed by atoms with Crippen molar-refractivity contribution in [1.82, 2.24) is 10.2 Å². The van der Waals surface area contributed by atoms with Crippen LogP contribution in [0.25, 0.3) is 0 Å². The molecule has 0 radical (unpaired) electrons. The Kier molecular flexibility index (Phi) is 6.04. The van der Waals surface area contributed by atoms with Gasteiger partial charge in [0.2, 0.25) is 17.7 Å². The van der Waals surface area contributed by atoms with Gasteiger partial charge in [-0.2, -0.15) is 0 Å². The number of amides is 3. The molecule has 140 valence electrons. The van der Waals surface area contributed by atoms with Gasteiger partial charge >= 0.3 is 0 Å². The Balaban J connectivity index is 1.45. The van der Waals surface area contributed by atoms with Crippen LogP contribution in [-0.2, 0) is 32.3 Å². The summed E-state index contributed by atoms with van der Waals surface area (Å²) in [5.74, 6) is -0.612. The minimum Gasteiger partial charge on any atom is -0.380 e. The first-order chi connectivity index (χ1) is 12.6. The highest BCUT2D eigenvalue weighted by atomic mass is 16.5. The molecule has 2 atom stereocenters. The monoisotopic (exact) mass is 358 g/mol. The summed E-state index contributed by atoms with van der Waals surface area (Å²) in [7, 11) is 1.65. The van der Waals surface area contributed by atoms with Crippen LogP contribution in [0.2, 0.25) is 0 Å². The fourth-order valence-electron chi connectivity index (χ4n) is 3.87. The molecule has 26 heavy (non-hydrogen) atoms. The highest BCUT2D eigenvalue weighted by Crippen LogP contribution is 2.37. The van der Waals surface area contributed by atoms with Crippen LogP contribution in [0, 0.1) is 11.8 Å². The van der Waals surface area contributed by atoms with Crippen molar-refractivity contribution in [3.05, 3.63) is 35.4 Å². The lowest BCUT2D eigenvalue weighted by atomic mass is 9.81. The number of carbonyl (C=O) groups excluding carboxylic acids is 3. The molecule has 1 saturated heterocycles. The second kappa shape index (κ2) is 8.45. The van der Waals surface area contributed by atoms with Crippen molar-refractivity contribution < 1.29 is 19.1 Å². The molecule has 2 unspecified atom stereocenters. The number of hydrogen-bond donors (Lipinski definition) is 1. The lowest BCUT2D eigenvalue weighted by molar-refractivity contribution is -0.140. The van der Waals surface area contributed by atoms with E-state index in [4.69, 9.17) is 4.74 Å². The zero-order valence-corrected chi connectivity index (χ0v) is 15.2. The van der Waals surface area contributed by atoms with E-state index in [-0.39, 0.29) is 42.5 Å². The Labute approximate surface area is 153 Å². The van der Waals surface area contributed by atoms with Crippen molar-refractivity contribution in [3.8, 4) is 0 Å². The van der Waals surface area contributed by atoms with Gasteiger partial charge in [-0.25, -0.2) is 0 Å². The number of fused-ring (bicyclic) bond motifs is 1. The molecule has 6 nitrogen and oxygen atoms in total. The van der Waals surface area contributed by atoms with E-state index in [0.29, 0.717) is 13.2 Å². The van der Waals surface area contributed by atoms with E-state index in [1.165, 1.54) is 4.90 Å². The van der Waals surface area contributed by atoms with Crippen LogP contribution in [0.5, 0.6) is 0 Å². The molecule has 3 rings (SSSR count). The van der Waals surface area contributed by atoms with Gasteiger partial charge in [0.05, 0.1) is 18.4 Å². The van der Waals surface area contributed by atoms with Crippen molar-refractivity contribution in [3.63, 3.8) is 0 Å². The zero-order chi connectivity index (χ0) is 18.5. The van der Waals surface area contributed by atoms with Gasteiger partial charge in [0.1, 0.15) is 0 Å². The second-order valence-corrected chi connectivity index (χ2v) is 7.10. The average Bonchev–Trinajstić information content (AvgIpc) is 2.90. The van der Waals surface area contributed by atoms with E-state index in [9.17, 15) is 14.4 Å². The van der Waals surface area contributed by atoms with Gasteiger partial charge in [-0.1, -0.05) is 37.1 Å². The molecule has 0 spiro atoms. The third-order valence-electron chi connectivity index (χ3n) is 5.32. The summed E-state index contributed by atoms with van der Waals surface area (Å²) in [4.78, 5) is 38.2. The van der Waals surface area contributed by atoms with Gasteiger partial charge in [0.25, 0.3) is 0 Å². The summed E-state index contributed by atoms with van der Waals surface area (Å²) in [6, 6.07) is 7.84. The summed E-state index contributed by atoms with van der Waals surface area (Å²) in [6.45, 7) is 1.18. The van der Waals surface area contributed by atoms with Crippen molar-refractivity contribution in [1.29, 1.82) is 0 Å². The molecule has 6 heteroatoms. The molecule has 1 N–H and O–H groups in total. The first kappa shape index (κ1) is 18.6. The fraction of sp³-hybridized carbons (Fsp3) is 0.550. The molecule has 1 saturated carbocycles. The molecule has 3 amide bonds. The highest BCUT2D eigenvalue weighted by Gasteiger charge is 2.47. The molecule has 1 aliphatic carbocycles. The molecule has 1 aromatic rings. The van der Waals surface area contributed by atoms with Crippen LogP contribution < -0.4 is 5.32 Å². The number of likely N-dealkylation sites (tertiary alicyclic amines) is 1. The second-order valence-electron chi connectivity index (χ2n) is 7.10. The van der Waals surface area contributed by atoms with Gasteiger partial charge in [-0.15, -0.1) is 0 Å². The number of hydrogen-bond acceptors (Lipinski definition) is 4. The summed E-state index contributed by atoms with van der Waals surface area (Å²) in [5, 5.41) is 2.85. The highest BCUT2D eigenvalue weighted by molar-refractivity contribution is 6.05. The Hall–Kier alpha value is -2.21. The fourth-order valence-corrected chi connectivity index (χ4v) is 3.87. The Morgan fingerprint density at radius 3 is 2.23 bits per heavy atom. The summed E-state index contributed by atoms with van der Waals surface area (Å²) >= 11 is 0. The minimum absolute atomic E-state index is 0.0822. The predicted molar refractivity (Wildman–Crippen MR) is 95.8 cm³/mol. The van der Waals surface area contributed by atoms with E-state index in [2.05, 4.69) is 5.32 Å². The zero-order valence-electron chi connectivity index (χ0n) is 15.2. The number of nitrogens with zero attached hydrogens (tertiary/aromatic N) is 1. The standard InChI is InChI=1S/C20H26N2O4/c1-26-13-15-8-6-14(7-9-15)12-21-18(23)10-11-22-19(24)16-4-2-3-5-17(16)20(22)25/h6-9,16-17H,2-5,10-13H2,1H3,(H,21,23). The normalized spacial score (nSPS) is 22.4. The van der Waals surface area contributed by atoms with Crippen molar-refractivity contribution in [2.75, 3.05) is 13.7 Å². The molecule has 0 aromatic heterocycles. The topological polar surface area (TPSA) is 75.7 Å². The Bertz CT molecular complexity index is 647. The molecular weight excluding hydrogens is 332 g/mol. The molecular formula is C20H26N2O4. The predicted octanol–water partition coefficient (Wildman–Crippen LogP) is 2.01. The van der Waals surface area contributed by atoms with Crippen molar-refractivity contribution >= 4 is 17.7 Å². The third kappa shape index (κ3) is 4.12. The van der Waals surface area contributed by atoms with E-state index >= 15 is 0 Å². The van der Waals surface area contributed by atoms with E-state index in [0.717, 1.165) is 36.8 Å². The van der Waals surface area contributed by atoms with Gasteiger partial charge in [-0.3, -0.25) is 19.3 Å². The van der Waals surface area contributed by atoms with Crippen LogP contribution >= 0.6 is 0 Å². The van der Waals surface area contributed by atoms with Crippen LogP contribution in [0.1, 0.15) is 43.2 Å². The Morgan fingerprint density at radius 1 is 1.08 bits per heavy atom. The third-order valence-corrected chi connectivity index (χ3v) is 5.32. The summed E-state index contributed by atoms with van der Waals surface area (Å²) in [6.07, 6.45) is 3.78. The van der Waals surface area contributed by atoms with E-state index in [1.807, 2.05) is 24.3 Å². The summed E-state index contributed by atoms with van der Waals surface area (Å²) in [5.41, 5.74) is 2.08. The molecule has 1 heterocycles. The molecule has 1 aliphatic heterocycles. The molecule has 2 fully saturated rings. The average molecular weight is 358 g/mol. The van der Waals surface area contributed by atoms with Crippen LogP contribution in [-0.4, -0.2) is 36.3 Å². The lowest BCUT2D eigenvalue weighted by Crippen LogP contribution is -2.35. The minimum atomic E-state index is -0.151. The van der Waals surface area contributed by atoms with Gasteiger partial charge in [-0.05, 0) is 24.0 Å². The number of methoxy groups -OCH3 is 1. The van der Waals surface area contributed by atoms with E-state index in [1.54, 1.807) is 7.11 Å². The number of nitrogens with one attached hydrogen (secondary N) is 1. The molecule has 2 aliphatic rings. The first-order valence-electron chi connectivity index (χ1n) is 9.29. The number of benzene rings is 1. The number of imide groups is 1. The Morgan fingerprint density at radius 2 is 1.65 bits per heavy atom. The largest absolute Gasteiger partial charge is 0.380 e. The SMILES string of the molecule is COCc1ccc(CNC(=O)CCN2C(=O)C3CCCCC3C2=O)cc1. The maximum Gasteiger partial charge on any atom is 0.233 e. The number of rotatable bonds is 7. The van der Waals surface area contributed by atoms with Crippen molar-refractivity contribution in [2.45, 2.75) is 45.3 Å². The summed E-state index contributed by atoms with van der Waals surface area (Å²) < 4.78 is 5.07. The quantitative estimate of drug-likeness (QED) is 0.757. The molecule has 0 bridgehead atoms. The number of ether oxygens (including phenoxy) is 1. The van der Waals surface area contributed by atoms with E-state index < -0.39 is 0 Å².